The zero-order valence-corrected chi connectivity index (χ0v) is 20.4. The van der Waals surface area contributed by atoms with Gasteiger partial charge in [-0.15, -0.1) is 0 Å². The Hall–Kier alpha value is -1.88. The minimum Gasteiger partial charge on any atom is -0.508 e. The first-order valence-corrected chi connectivity index (χ1v) is 12.5. The number of aryl methyl sites for hydroxylation is 1. The highest BCUT2D eigenvalue weighted by Crippen LogP contribution is 2.14. The van der Waals surface area contributed by atoms with E-state index in [0.717, 1.165) is 38.8 Å². The summed E-state index contributed by atoms with van der Waals surface area (Å²) in [5.74, 6) is 0.977. The predicted molar refractivity (Wildman–Crippen MR) is 137 cm³/mol. The van der Waals surface area contributed by atoms with Gasteiger partial charge >= 0.3 is 0 Å². The zero-order chi connectivity index (χ0) is 23.2. The molecule has 0 aromatic heterocycles. The van der Waals surface area contributed by atoms with Gasteiger partial charge in [-0.2, -0.15) is 0 Å². The van der Waals surface area contributed by atoms with Gasteiger partial charge in [-0.25, -0.2) is 0 Å². The van der Waals surface area contributed by atoms with Crippen molar-refractivity contribution in [1.82, 2.24) is 10.6 Å². The summed E-state index contributed by atoms with van der Waals surface area (Å²) in [6.45, 7) is 8.56. The van der Waals surface area contributed by atoms with Gasteiger partial charge in [0.2, 0.25) is 0 Å². The first-order chi connectivity index (χ1) is 15.5. The van der Waals surface area contributed by atoms with E-state index in [0.29, 0.717) is 23.8 Å². The normalized spacial score (nSPS) is 14.4. The van der Waals surface area contributed by atoms with E-state index >= 15 is 0 Å². The van der Waals surface area contributed by atoms with Crippen molar-refractivity contribution in [1.29, 1.82) is 0 Å². The SMILES string of the molecule is CCCC[C@H](N)CN[C@H](CN[C@H](CCc1ccccc1)CC(C)C)Cc1ccc(O)cc1. The van der Waals surface area contributed by atoms with Crippen LogP contribution in [0, 0.1) is 5.92 Å². The Morgan fingerprint density at radius 3 is 2.19 bits per heavy atom. The van der Waals surface area contributed by atoms with Crippen molar-refractivity contribution in [2.24, 2.45) is 11.7 Å². The maximum Gasteiger partial charge on any atom is 0.115 e. The number of aromatic hydroxyl groups is 1. The topological polar surface area (TPSA) is 70.3 Å². The van der Waals surface area contributed by atoms with Crippen LogP contribution >= 0.6 is 0 Å². The summed E-state index contributed by atoms with van der Waals surface area (Å²) in [6.07, 6.45) is 7.77. The molecule has 5 N–H and O–H groups in total. The van der Waals surface area contributed by atoms with Crippen molar-refractivity contribution < 1.29 is 5.11 Å². The molecule has 0 bridgehead atoms. The molecule has 0 amide bonds. The quantitative estimate of drug-likeness (QED) is 0.295. The Labute approximate surface area is 196 Å². The molecule has 32 heavy (non-hydrogen) atoms. The van der Waals surface area contributed by atoms with E-state index in [2.05, 4.69) is 61.7 Å². The zero-order valence-electron chi connectivity index (χ0n) is 20.4. The summed E-state index contributed by atoms with van der Waals surface area (Å²) in [4.78, 5) is 0. The van der Waals surface area contributed by atoms with Crippen LogP contribution in [0.2, 0.25) is 0 Å². The van der Waals surface area contributed by atoms with Crippen LogP contribution in [-0.2, 0) is 12.8 Å². The van der Waals surface area contributed by atoms with Gasteiger partial charge in [-0.1, -0.05) is 76.1 Å². The number of unbranched alkanes of at least 4 members (excludes halogenated alkanes) is 1. The smallest absolute Gasteiger partial charge is 0.115 e. The van der Waals surface area contributed by atoms with Gasteiger partial charge in [0.25, 0.3) is 0 Å². The summed E-state index contributed by atoms with van der Waals surface area (Å²) < 4.78 is 0. The molecule has 4 heteroatoms. The lowest BCUT2D eigenvalue weighted by molar-refractivity contribution is 0.362. The summed E-state index contributed by atoms with van der Waals surface area (Å²) >= 11 is 0. The fourth-order valence-corrected chi connectivity index (χ4v) is 4.19. The summed E-state index contributed by atoms with van der Waals surface area (Å²) in [5.41, 5.74) is 8.98. The van der Waals surface area contributed by atoms with E-state index in [-0.39, 0.29) is 6.04 Å². The van der Waals surface area contributed by atoms with Crippen molar-refractivity contribution in [3.05, 3.63) is 65.7 Å². The Balaban J connectivity index is 1.95. The molecular formula is C28H45N3O. The number of nitrogens with one attached hydrogen (secondary N) is 2. The second kappa shape index (κ2) is 15.0. The molecule has 0 fully saturated rings. The van der Waals surface area contributed by atoms with Crippen LogP contribution < -0.4 is 16.4 Å². The van der Waals surface area contributed by atoms with E-state index in [1.54, 1.807) is 12.1 Å². The second-order valence-electron chi connectivity index (χ2n) is 9.64. The maximum atomic E-state index is 9.62. The number of phenols is 1. The van der Waals surface area contributed by atoms with Crippen molar-refractivity contribution in [2.45, 2.75) is 83.8 Å². The van der Waals surface area contributed by atoms with E-state index in [4.69, 9.17) is 5.73 Å². The summed E-state index contributed by atoms with van der Waals surface area (Å²) in [6, 6.07) is 19.3. The lowest BCUT2D eigenvalue weighted by Gasteiger charge is -2.26. The first-order valence-electron chi connectivity index (χ1n) is 12.5. The number of phenolic OH excluding ortho intramolecular Hbond substituents is 1. The fraction of sp³-hybridized carbons (Fsp3) is 0.571. The number of hydrogen-bond donors (Lipinski definition) is 4. The van der Waals surface area contributed by atoms with Crippen molar-refractivity contribution in [3.8, 4) is 5.75 Å². The Kier molecular flexibility index (Phi) is 12.4. The third-order valence-electron chi connectivity index (χ3n) is 6.05. The lowest BCUT2D eigenvalue weighted by atomic mass is 9.96. The number of hydrogen-bond acceptors (Lipinski definition) is 4. The molecule has 0 spiro atoms. The molecule has 0 aliphatic heterocycles. The molecule has 0 heterocycles. The second-order valence-corrected chi connectivity index (χ2v) is 9.64. The first kappa shape index (κ1) is 26.4. The Bertz CT molecular complexity index is 717. The molecule has 0 aliphatic carbocycles. The Morgan fingerprint density at radius 1 is 0.844 bits per heavy atom. The minimum atomic E-state index is 0.196. The van der Waals surface area contributed by atoms with Crippen LogP contribution in [0.5, 0.6) is 5.75 Å². The van der Waals surface area contributed by atoms with Crippen molar-refractivity contribution >= 4 is 0 Å². The molecule has 4 nitrogen and oxygen atoms in total. The molecule has 0 unspecified atom stereocenters. The van der Waals surface area contributed by atoms with Crippen LogP contribution in [0.15, 0.2) is 54.6 Å². The number of nitrogens with two attached hydrogens (primary N) is 1. The highest BCUT2D eigenvalue weighted by atomic mass is 16.3. The highest BCUT2D eigenvalue weighted by Gasteiger charge is 2.16. The van der Waals surface area contributed by atoms with Gasteiger partial charge in [0.1, 0.15) is 5.75 Å². The van der Waals surface area contributed by atoms with E-state index in [9.17, 15) is 5.11 Å². The minimum absolute atomic E-state index is 0.196. The van der Waals surface area contributed by atoms with Crippen LogP contribution in [0.25, 0.3) is 0 Å². The lowest BCUT2D eigenvalue weighted by Crippen LogP contribution is -2.47. The monoisotopic (exact) mass is 439 g/mol. The van der Waals surface area contributed by atoms with Gasteiger partial charge in [-0.3, -0.25) is 0 Å². The third-order valence-corrected chi connectivity index (χ3v) is 6.05. The molecule has 2 aromatic rings. The summed E-state index contributed by atoms with van der Waals surface area (Å²) in [5, 5.41) is 17.2. The van der Waals surface area contributed by atoms with Crippen LogP contribution in [0.4, 0.5) is 0 Å². The molecule has 3 atom stereocenters. The van der Waals surface area contributed by atoms with Gasteiger partial charge < -0.3 is 21.5 Å². The average molecular weight is 440 g/mol. The largest absolute Gasteiger partial charge is 0.508 e. The van der Waals surface area contributed by atoms with E-state index in [1.165, 1.54) is 30.4 Å². The molecule has 178 valence electrons. The molecule has 0 radical (unpaired) electrons. The molecular weight excluding hydrogens is 394 g/mol. The molecule has 0 saturated carbocycles. The van der Waals surface area contributed by atoms with Gasteiger partial charge in [0.15, 0.2) is 0 Å². The van der Waals surface area contributed by atoms with Crippen molar-refractivity contribution in [3.63, 3.8) is 0 Å². The fourth-order valence-electron chi connectivity index (χ4n) is 4.19. The van der Waals surface area contributed by atoms with Gasteiger partial charge in [0.05, 0.1) is 0 Å². The van der Waals surface area contributed by atoms with Crippen LogP contribution in [-0.4, -0.2) is 36.3 Å². The number of rotatable bonds is 16. The van der Waals surface area contributed by atoms with Gasteiger partial charge in [0, 0.05) is 31.2 Å². The average Bonchev–Trinajstić information content (AvgIpc) is 2.79. The van der Waals surface area contributed by atoms with Crippen LogP contribution in [0.1, 0.15) is 64.0 Å². The molecule has 0 saturated heterocycles. The summed E-state index contributed by atoms with van der Waals surface area (Å²) in [7, 11) is 0. The maximum absolute atomic E-state index is 9.62. The predicted octanol–water partition coefficient (Wildman–Crippen LogP) is 5.05. The molecule has 2 aromatic carbocycles. The van der Waals surface area contributed by atoms with Crippen molar-refractivity contribution in [2.75, 3.05) is 13.1 Å². The van der Waals surface area contributed by atoms with E-state index in [1.807, 2.05) is 12.1 Å². The van der Waals surface area contributed by atoms with E-state index < -0.39 is 0 Å². The number of benzene rings is 2. The molecule has 2 rings (SSSR count). The molecule has 0 aliphatic rings. The standard InChI is InChI=1S/C28H45N3O/c1-4-5-11-25(29)20-30-27(19-24-13-16-28(32)17-14-24)21-31-26(18-22(2)3)15-12-23-9-7-6-8-10-23/h6-10,13-14,16-17,22,25-27,30-32H,4-5,11-12,15,18-21,29H2,1-3H3/t25-,26+,27-/m0/s1. The highest BCUT2D eigenvalue weighted by molar-refractivity contribution is 5.26. The van der Waals surface area contributed by atoms with Gasteiger partial charge in [-0.05, 0) is 61.3 Å². The third kappa shape index (κ3) is 11.1. The Morgan fingerprint density at radius 2 is 1.53 bits per heavy atom. The van der Waals surface area contributed by atoms with Crippen LogP contribution in [0.3, 0.4) is 0 Å².